The van der Waals surface area contributed by atoms with Crippen molar-refractivity contribution in [3.8, 4) is 0 Å². The second-order valence-corrected chi connectivity index (χ2v) is 5.77. The Morgan fingerprint density at radius 2 is 1.90 bits per heavy atom. The van der Waals surface area contributed by atoms with Crippen LogP contribution in [0.25, 0.3) is 0 Å². The molecule has 0 radical (unpaired) electrons. The van der Waals surface area contributed by atoms with Gasteiger partial charge in [0.15, 0.2) is 0 Å². The molecule has 1 saturated heterocycles. The van der Waals surface area contributed by atoms with Crippen LogP contribution in [0.4, 0.5) is 11.4 Å². The fourth-order valence-electron chi connectivity index (χ4n) is 2.99. The van der Waals surface area contributed by atoms with Crippen molar-refractivity contribution in [2.24, 2.45) is 0 Å². The van der Waals surface area contributed by atoms with Gasteiger partial charge < -0.3 is 20.9 Å². The first kappa shape index (κ1) is 14.2. The fourth-order valence-corrected chi connectivity index (χ4v) is 2.99. The highest BCUT2D eigenvalue weighted by Crippen LogP contribution is 2.25. The third kappa shape index (κ3) is 3.67. The first-order valence-corrected chi connectivity index (χ1v) is 7.95. The average Bonchev–Trinajstić information content (AvgIpc) is 3.04. The Bertz CT molecular complexity index is 497. The normalized spacial score (nSPS) is 17.7. The Morgan fingerprint density at radius 3 is 2.71 bits per heavy atom. The molecule has 2 heterocycles. The van der Waals surface area contributed by atoms with Crippen molar-refractivity contribution in [1.82, 2.24) is 10.2 Å². The summed E-state index contributed by atoms with van der Waals surface area (Å²) in [6.45, 7) is 6.10. The first-order chi connectivity index (χ1) is 10.3. The van der Waals surface area contributed by atoms with E-state index in [9.17, 15) is 4.79 Å². The standard InChI is InChI=1S/C16H24N4O/c21-16(19-6-3-11-20-9-1-2-10-20)13-4-5-14-15(12-13)18-8-7-17-14/h4-5,12,17-18H,1-3,6-11H2,(H,19,21). The van der Waals surface area contributed by atoms with Crippen molar-refractivity contribution < 1.29 is 4.79 Å². The Kier molecular flexibility index (Phi) is 4.60. The molecule has 1 amide bonds. The molecule has 0 saturated carbocycles. The number of carbonyl (C=O) groups is 1. The van der Waals surface area contributed by atoms with E-state index in [1.807, 2.05) is 18.2 Å². The summed E-state index contributed by atoms with van der Waals surface area (Å²) in [5.74, 6) is 0.0200. The number of fused-ring (bicyclic) bond motifs is 1. The molecule has 5 heteroatoms. The summed E-state index contributed by atoms with van der Waals surface area (Å²) in [5.41, 5.74) is 2.82. The molecule has 0 unspecified atom stereocenters. The van der Waals surface area contributed by atoms with Crippen molar-refractivity contribution in [3.05, 3.63) is 23.8 Å². The van der Waals surface area contributed by atoms with Crippen LogP contribution >= 0.6 is 0 Å². The maximum absolute atomic E-state index is 12.2. The first-order valence-electron chi connectivity index (χ1n) is 7.95. The summed E-state index contributed by atoms with van der Waals surface area (Å²) >= 11 is 0. The molecule has 1 aromatic carbocycles. The van der Waals surface area contributed by atoms with Gasteiger partial charge in [-0.05, 0) is 57.1 Å². The molecular weight excluding hydrogens is 264 g/mol. The van der Waals surface area contributed by atoms with Crippen molar-refractivity contribution in [3.63, 3.8) is 0 Å². The number of likely N-dealkylation sites (tertiary alicyclic amines) is 1. The van der Waals surface area contributed by atoms with E-state index in [1.165, 1.54) is 25.9 Å². The number of hydrogen-bond donors (Lipinski definition) is 3. The van der Waals surface area contributed by atoms with E-state index in [0.717, 1.165) is 49.5 Å². The zero-order valence-electron chi connectivity index (χ0n) is 12.5. The Hall–Kier alpha value is -1.75. The maximum Gasteiger partial charge on any atom is 0.251 e. The van der Waals surface area contributed by atoms with Crippen LogP contribution < -0.4 is 16.0 Å². The summed E-state index contributed by atoms with van der Waals surface area (Å²) in [4.78, 5) is 14.6. The number of benzene rings is 1. The number of hydrogen-bond acceptors (Lipinski definition) is 4. The molecule has 3 N–H and O–H groups in total. The number of anilines is 2. The molecule has 0 aliphatic carbocycles. The van der Waals surface area contributed by atoms with Crippen LogP contribution in [0.5, 0.6) is 0 Å². The van der Waals surface area contributed by atoms with Crippen LogP contribution in [0.15, 0.2) is 18.2 Å². The molecule has 2 aliphatic heterocycles. The predicted molar refractivity (Wildman–Crippen MR) is 86.0 cm³/mol. The average molecular weight is 288 g/mol. The van der Waals surface area contributed by atoms with Crippen molar-refractivity contribution >= 4 is 17.3 Å². The summed E-state index contributed by atoms with van der Waals surface area (Å²) in [5, 5.41) is 9.64. The highest BCUT2D eigenvalue weighted by Gasteiger charge is 2.13. The summed E-state index contributed by atoms with van der Waals surface area (Å²) in [6, 6.07) is 5.78. The largest absolute Gasteiger partial charge is 0.382 e. The molecule has 0 aromatic heterocycles. The van der Waals surface area contributed by atoms with Gasteiger partial charge in [-0.15, -0.1) is 0 Å². The Labute approximate surface area is 126 Å². The van der Waals surface area contributed by atoms with Crippen LogP contribution in [0.3, 0.4) is 0 Å². The third-order valence-electron chi connectivity index (χ3n) is 4.17. The van der Waals surface area contributed by atoms with E-state index in [1.54, 1.807) is 0 Å². The highest BCUT2D eigenvalue weighted by molar-refractivity contribution is 5.96. The zero-order valence-corrected chi connectivity index (χ0v) is 12.5. The van der Waals surface area contributed by atoms with Crippen molar-refractivity contribution in [2.75, 3.05) is 49.9 Å². The number of amides is 1. The van der Waals surface area contributed by atoms with Gasteiger partial charge in [0.05, 0.1) is 11.4 Å². The third-order valence-corrected chi connectivity index (χ3v) is 4.17. The smallest absolute Gasteiger partial charge is 0.251 e. The molecule has 1 aromatic rings. The minimum absolute atomic E-state index is 0.0200. The van der Waals surface area contributed by atoms with Gasteiger partial charge in [0.1, 0.15) is 0 Å². The predicted octanol–water partition coefficient (Wildman–Crippen LogP) is 1.74. The van der Waals surface area contributed by atoms with Gasteiger partial charge >= 0.3 is 0 Å². The molecule has 0 atom stereocenters. The van der Waals surface area contributed by atoms with E-state index >= 15 is 0 Å². The van der Waals surface area contributed by atoms with E-state index in [-0.39, 0.29) is 5.91 Å². The lowest BCUT2D eigenvalue weighted by atomic mass is 10.1. The fraction of sp³-hybridized carbons (Fsp3) is 0.562. The summed E-state index contributed by atoms with van der Waals surface area (Å²) < 4.78 is 0. The highest BCUT2D eigenvalue weighted by atomic mass is 16.1. The molecule has 0 spiro atoms. The van der Waals surface area contributed by atoms with Gasteiger partial charge in [0.2, 0.25) is 0 Å². The Morgan fingerprint density at radius 1 is 1.14 bits per heavy atom. The molecule has 1 fully saturated rings. The molecular formula is C16H24N4O. The van der Waals surface area contributed by atoms with Crippen molar-refractivity contribution in [2.45, 2.75) is 19.3 Å². The monoisotopic (exact) mass is 288 g/mol. The van der Waals surface area contributed by atoms with Crippen LogP contribution in [-0.2, 0) is 0 Å². The lowest BCUT2D eigenvalue weighted by Crippen LogP contribution is -2.29. The van der Waals surface area contributed by atoms with E-state index in [0.29, 0.717) is 0 Å². The second kappa shape index (κ2) is 6.80. The molecule has 0 bridgehead atoms. The quantitative estimate of drug-likeness (QED) is 0.722. The molecule has 3 rings (SSSR count). The van der Waals surface area contributed by atoms with Crippen LogP contribution in [0, 0.1) is 0 Å². The van der Waals surface area contributed by atoms with E-state index in [4.69, 9.17) is 0 Å². The van der Waals surface area contributed by atoms with Gasteiger partial charge in [0.25, 0.3) is 5.91 Å². The molecule has 114 valence electrons. The summed E-state index contributed by atoms with van der Waals surface area (Å²) in [7, 11) is 0. The van der Waals surface area contributed by atoms with Gasteiger partial charge in [-0.25, -0.2) is 0 Å². The van der Waals surface area contributed by atoms with Crippen LogP contribution in [0.2, 0.25) is 0 Å². The minimum Gasteiger partial charge on any atom is -0.382 e. The SMILES string of the molecule is O=C(NCCCN1CCCC1)c1ccc2c(c1)NCCN2. The topological polar surface area (TPSA) is 56.4 Å². The van der Waals surface area contributed by atoms with Gasteiger partial charge in [-0.3, -0.25) is 4.79 Å². The van der Waals surface area contributed by atoms with Gasteiger partial charge in [-0.1, -0.05) is 0 Å². The van der Waals surface area contributed by atoms with Crippen LogP contribution in [0.1, 0.15) is 29.6 Å². The summed E-state index contributed by atoms with van der Waals surface area (Å²) in [6.07, 6.45) is 3.67. The zero-order chi connectivity index (χ0) is 14.5. The number of nitrogens with one attached hydrogen (secondary N) is 3. The maximum atomic E-state index is 12.2. The van der Waals surface area contributed by atoms with Gasteiger partial charge in [-0.2, -0.15) is 0 Å². The number of carbonyl (C=O) groups excluding carboxylic acids is 1. The number of nitrogens with zero attached hydrogens (tertiary/aromatic N) is 1. The van der Waals surface area contributed by atoms with Crippen LogP contribution in [-0.4, -0.2) is 50.1 Å². The van der Waals surface area contributed by atoms with E-state index < -0.39 is 0 Å². The molecule has 2 aliphatic rings. The lowest BCUT2D eigenvalue weighted by molar-refractivity contribution is 0.0952. The van der Waals surface area contributed by atoms with Gasteiger partial charge in [0, 0.05) is 25.2 Å². The molecule has 21 heavy (non-hydrogen) atoms. The second-order valence-electron chi connectivity index (χ2n) is 5.77. The Balaban J connectivity index is 1.46. The lowest BCUT2D eigenvalue weighted by Gasteiger charge is -2.20. The molecule has 5 nitrogen and oxygen atoms in total. The van der Waals surface area contributed by atoms with Crippen molar-refractivity contribution in [1.29, 1.82) is 0 Å². The number of rotatable bonds is 5. The van der Waals surface area contributed by atoms with E-state index in [2.05, 4.69) is 20.9 Å². The minimum atomic E-state index is 0.0200.